The van der Waals surface area contributed by atoms with Gasteiger partial charge in [-0.15, -0.1) is 0 Å². The summed E-state index contributed by atoms with van der Waals surface area (Å²) < 4.78 is 6.66. The summed E-state index contributed by atoms with van der Waals surface area (Å²) in [5, 5.41) is 0. The molecule has 178 valence electrons. The number of benzene rings is 2. The van der Waals surface area contributed by atoms with Crippen molar-refractivity contribution < 1.29 is 9.53 Å². The van der Waals surface area contributed by atoms with Gasteiger partial charge in [0.15, 0.2) is 0 Å². The highest BCUT2D eigenvalue weighted by molar-refractivity contribution is 9.10. The van der Waals surface area contributed by atoms with Gasteiger partial charge in [-0.2, -0.15) is 0 Å². The Balaban J connectivity index is 1.35. The van der Waals surface area contributed by atoms with Crippen LogP contribution < -0.4 is 4.90 Å². The molecule has 1 amide bonds. The highest BCUT2D eigenvalue weighted by Gasteiger charge is 2.33. The molecule has 0 aromatic heterocycles. The van der Waals surface area contributed by atoms with Crippen LogP contribution in [0.25, 0.3) is 0 Å². The number of amides is 1. The summed E-state index contributed by atoms with van der Waals surface area (Å²) in [6, 6.07) is 20.4. The lowest BCUT2D eigenvalue weighted by atomic mass is 9.96. The fourth-order valence-electron chi connectivity index (χ4n) is 5.01. The standard InChI is InChI=1S/C27H36BrN3O2/c1-27(2,3)33-26(32)30-19-13-22(14-20-30)29-17-15-25(16-18-29)31(23-7-5-4-6-8-23)24-11-9-21(28)10-12-24/h4-12,22,25H,13-20H2,1-3H3. The molecular formula is C27H36BrN3O2. The molecule has 5 nitrogen and oxygen atoms in total. The third-order valence-electron chi connectivity index (χ3n) is 6.64. The molecule has 0 radical (unpaired) electrons. The summed E-state index contributed by atoms with van der Waals surface area (Å²) in [5.41, 5.74) is 2.06. The van der Waals surface area contributed by atoms with Gasteiger partial charge in [0.25, 0.3) is 0 Å². The number of halogens is 1. The Morgan fingerprint density at radius 2 is 1.45 bits per heavy atom. The van der Waals surface area contributed by atoms with E-state index in [2.05, 4.69) is 80.3 Å². The number of hydrogen-bond donors (Lipinski definition) is 0. The maximum absolute atomic E-state index is 12.4. The number of nitrogens with zero attached hydrogens (tertiary/aromatic N) is 3. The molecule has 33 heavy (non-hydrogen) atoms. The molecule has 2 aliphatic rings. The van der Waals surface area contributed by atoms with Crippen LogP contribution in [0.15, 0.2) is 59.1 Å². The maximum Gasteiger partial charge on any atom is 0.410 e. The zero-order valence-electron chi connectivity index (χ0n) is 20.0. The zero-order valence-corrected chi connectivity index (χ0v) is 21.6. The Morgan fingerprint density at radius 1 is 0.879 bits per heavy atom. The van der Waals surface area contributed by atoms with E-state index in [0.717, 1.165) is 56.3 Å². The highest BCUT2D eigenvalue weighted by atomic mass is 79.9. The van der Waals surface area contributed by atoms with Gasteiger partial charge >= 0.3 is 6.09 Å². The van der Waals surface area contributed by atoms with E-state index < -0.39 is 5.60 Å². The first-order valence-corrected chi connectivity index (χ1v) is 12.9. The van der Waals surface area contributed by atoms with Gasteiger partial charge in [0.2, 0.25) is 0 Å². The van der Waals surface area contributed by atoms with Gasteiger partial charge in [0.05, 0.1) is 0 Å². The van der Waals surface area contributed by atoms with Crippen LogP contribution in [0, 0.1) is 0 Å². The fraction of sp³-hybridized carbons (Fsp3) is 0.519. The molecule has 0 N–H and O–H groups in total. The SMILES string of the molecule is CC(C)(C)OC(=O)N1CCC(N2CCC(N(c3ccccc3)c3ccc(Br)cc3)CC2)CC1. The predicted octanol–water partition coefficient (Wildman–Crippen LogP) is 6.45. The second-order valence-corrected chi connectivity index (χ2v) is 11.1. The van der Waals surface area contributed by atoms with E-state index in [4.69, 9.17) is 4.74 Å². The monoisotopic (exact) mass is 513 g/mol. The number of anilines is 2. The van der Waals surface area contributed by atoms with Crippen molar-refractivity contribution in [3.8, 4) is 0 Å². The lowest BCUT2D eigenvalue weighted by molar-refractivity contribution is 0.0128. The van der Waals surface area contributed by atoms with Crippen LogP contribution in [0.3, 0.4) is 0 Å². The first-order valence-electron chi connectivity index (χ1n) is 12.1. The molecular weight excluding hydrogens is 478 g/mol. The first-order chi connectivity index (χ1) is 15.8. The number of carbonyl (C=O) groups is 1. The van der Waals surface area contributed by atoms with Gasteiger partial charge in [-0.3, -0.25) is 0 Å². The van der Waals surface area contributed by atoms with E-state index in [9.17, 15) is 4.79 Å². The van der Waals surface area contributed by atoms with Crippen molar-refractivity contribution in [3.05, 3.63) is 59.1 Å². The minimum Gasteiger partial charge on any atom is -0.444 e. The number of likely N-dealkylation sites (tertiary alicyclic amines) is 2. The van der Waals surface area contributed by atoms with Crippen molar-refractivity contribution in [1.82, 2.24) is 9.80 Å². The number of rotatable bonds is 4. The topological polar surface area (TPSA) is 36.0 Å². The van der Waals surface area contributed by atoms with Crippen molar-refractivity contribution >= 4 is 33.4 Å². The van der Waals surface area contributed by atoms with Crippen LogP contribution >= 0.6 is 15.9 Å². The molecule has 2 aliphatic heterocycles. The summed E-state index contributed by atoms with van der Waals surface area (Å²) in [5.74, 6) is 0. The lowest BCUT2D eigenvalue weighted by Crippen LogP contribution is -2.51. The van der Waals surface area contributed by atoms with E-state index >= 15 is 0 Å². The van der Waals surface area contributed by atoms with Gasteiger partial charge in [0, 0.05) is 54.1 Å². The predicted molar refractivity (Wildman–Crippen MR) is 138 cm³/mol. The largest absolute Gasteiger partial charge is 0.444 e. The fourth-order valence-corrected chi connectivity index (χ4v) is 5.27. The molecule has 0 bridgehead atoms. The molecule has 2 fully saturated rings. The lowest BCUT2D eigenvalue weighted by Gasteiger charge is -2.44. The molecule has 2 saturated heterocycles. The normalized spacial score (nSPS) is 18.8. The molecule has 2 heterocycles. The van der Waals surface area contributed by atoms with E-state index in [1.807, 2.05) is 25.7 Å². The smallest absolute Gasteiger partial charge is 0.410 e. The molecule has 0 spiro atoms. The average molecular weight is 515 g/mol. The van der Waals surface area contributed by atoms with E-state index in [1.165, 1.54) is 11.4 Å². The van der Waals surface area contributed by atoms with Gasteiger partial charge in [0.1, 0.15) is 5.60 Å². The van der Waals surface area contributed by atoms with Gasteiger partial charge in [-0.1, -0.05) is 34.1 Å². The first kappa shape index (κ1) is 24.1. The van der Waals surface area contributed by atoms with Crippen LogP contribution in [0.4, 0.5) is 16.2 Å². The number of piperidine rings is 2. The van der Waals surface area contributed by atoms with E-state index in [-0.39, 0.29) is 6.09 Å². The molecule has 6 heteroatoms. The number of ether oxygens (including phenoxy) is 1. The summed E-state index contributed by atoms with van der Waals surface area (Å²) in [4.78, 5) is 19.4. The van der Waals surface area contributed by atoms with Crippen molar-refractivity contribution in [2.45, 2.75) is 64.1 Å². The Morgan fingerprint density at radius 3 is 2.03 bits per heavy atom. The Bertz CT molecular complexity index is 897. The maximum atomic E-state index is 12.4. The summed E-state index contributed by atoms with van der Waals surface area (Å²) >= 11 is 3.57. The second-order valence-electron chi connectivity index (χ2n) is 10.1. The van der Waals surface area contributed by atoms with Gasteiger partial charge in [-0.25, -0.2) is 4.79 Å². The molecule has 0 atom stereocenters. The highest BCUT2D eigenvalue weighted by Crippen LogP contribution is 2.33. The Labute approximate surface area is 206 Å². The van der Waals surface area contributed by atoms with Crippen molar-refractivity contribution in [1.29, 1.82) is 0 Å². The quantitative estimate of drug-likeness (QED) is 0.470. The van der Waals surface area contributed by atoms with Crippen LogP contribution in [-0.2, 0) is 4.74 Å². The number of hydrogen-bond acceptors (Lipinski definition) is 4. The Hall–Kier alpha value is -2.05. The Kier molecular flexibility index (Phi) is 7.65. The molecule has 2 aromatic rings. The summed E-state index contributed by atoms with van der Waals surface area (Å²) in [6.07, 6.45) is 4.15. The third-order valence-corrected chi connectivity index (χ3v) is 7.16. The van der Waals surface area contributed by atoms with Crippen molar-refractivity contribution in [2.75, 3.05) is 31.1 Å². The van der Waals surface area contributed by atoms with Gasteiger partial charge < -0.3 is 19.4 Å². The van der Waals surface area contributed by atoms with Gasteiger partial charge in [-0.05, 0) is 82.9 Å². The third kappa shape index (κ3) is 6.30. The van der Waals surface area contributed by atoms with Crippen LogP contribution in [0.5, 0.6) is 0 Å². The number of carbonyl (C=O) groups excluding carboxylic acids is 1. The summed E-state index contributed by atoms with van der Waals surface area (Å²) in [7, 11) is 0. The average Bonchev–Trinajstić information content (AvgIpc) is 2.81. The van der Waals surface area contributed by atoms with Crippen LogP contribution in [-0.4, -0.2) is 59.8 Å². The molecule has 2 aromatic carbocycles. The summed E-state index contributed by atoms with van der Waals surface area (Å²) in [6.45, 7) is 9.55. The van der Waals surface area contributed by atoms with Crippen LogP contribution in [0.1, 0.15) is 46.5 Å². The zero-order chi connectivity index (χ0) is 23.4. The minimum absolute atomic E-state index is 0.173. The molecule has 0 unspecified atom stereocenters. The number of para-hydroxylation sites is 1. The second kappa shape index (κ2) is 10.5. The van der Waals surface area contributed by atoms with Crippen molar-refractivity contribution in [2.24, 2.45) is 0 Å². The van der Waals surface area contributed by atoms with E-state index in [0.29, 0.717) is 12.1 Å². The minimum atomic E-state index is -0.435. The molecule has 0 aliphatic carbocycles. The van der Waals surface area contributed by atoms with Crippen LogP contribution in [0.2, 0.25) is 0 Å². The molecule has 4 rings (SSSR count). The molecule has 0 saturated carbocycles. The van der Waals surface area contributed by atoms with E-state index in [1.54, 1.807) is 0 Å². The van der Waals surface area contributed by atoms with Crippen molar-refractivity contribution in [3.63, 3.8) is 0 Å².